The van der Waals surface area contributed by atoms with Crippen molar-refractivity contribution in [3.63, 3.8) is 0 Å². The molecule has 0 radical (unpaired) electrons. The summed E-state index contributed by atoms with van der Waals surface area (Å²) in [7, 11) is 1.49. The van der Waals surface area contributed by atoms with Crippen molar-refractivity contribution in [2.75, 3.05) is 33.4 Å². The minimum absolute atomic E-state index is 0.0274. The molecule has 0 aliphatic carbocycles. The first kappa shape index (κ1) is 17.7. The molecule has 132 valence electrons. The lowest BCUT2D eigenvalue weighted by Gasteiger charge is -2.26. The normalized spacial score (nSPS) is 15.6. The zero-order valence-corrected chi connectivity index (χ0v) is 14.9. The van der Waals surface area contributed by atoms with Gasteiger partial charge in [0.2, 0.25) is 0 Å². The van der Waals surface area contributed by atoms with Gasteiger partial charge in [0.25, 0.3) is 0 Å². The van der Waals surface area contributed by atoms with Crippen LogP contribution in [0.3, 0.4) is 0 Å². The van der Waals surface area contributed by atoms with Gasteiger partial charge in [0.1, 0.15) is 0 Å². The maximum atomic E-state index is 10.1. The molecule has 2 aromatic rings. The van der Waals surface area contributed by atoms with Crippen molar-refractivity contribution in [2.45, 2.75) is 6.54 Å². The summed E-state index contributed by atoms with van der Waals surface area (Å²) in [6.07, 6.45) is 1.58. The second-order valence-electron chi connectivity index (χ2n) is 5.86. The Kier molecular flexibility index (Phi) is 5.91. The Hall–Kier alpha value is -2.08. The summed E-state index contributed by atoms with van der Waals surface area (Å²) in [6, 6.07) is 11.3. The molecule has 0 spiro atoms. The Morgan fingerprint density at radius 2 is 1.96 bits per heavy atom. The van der Waals surface area contributed by atoms with E-state index in [1.807, 2.05) is 12.1 Å². The van der Waals surface area contributed by atoms with E-state index in [2.05, 4.69) is 22.0 Å². The Morgan fingerprint density at radius 3 is 2.64 bits per heavy atom. The molecule has 0 atom stereocenters. The van der Waals surface area contributed by atoms with Crippen LogP contribution in [0.25, 0.3) is 0 Å². The van der Waals surface area contributed by atoms with Crippen molar-refractivity contribution in [1.82, 2.24) is 4.90 Å². The molecule has 5 nitrogen and oxygen atoms in total. The van der Waals surface area contributed by atoms with E-state index < -0.39 is 0 Å². The topological polar surface area (TPSA) is 54.3 Å². The van der Waals surface area contributed by atoms with Crippen LogP contribution in [0.1, 0.15) is 11.1 Å². The van der Waals surface area contributed by atoms with Crippen LogP contribution in [0, 0.1) is 0 Å². The zero-order chi connectivity index (χ0) is 17.6. The molecule has 0 amide bonds. The standard InChI is InChI=1S/C19H21ClN2O3/c1-24-18-11-16(20)10-15(19(18)23)12-21-17-4-2-14(3-5-17)13-22-6-8-25-9-7-22/h2-5,10-12,23H,6-9,13H2,1H3. The summed E-state index contributed by atoms with van der Waals surface area (Å²) in [5, 5.41) is 10.6. The van der Waals surface area contributed by atoms with Crippen LogP contribution in [-0.2, 0) is 11.3 Å². The fourth-order valence-electron chi connectivity index (χ4n) is 2.70. The first-order valence-electron chi connectivity index (χ1n) is 8.15. The van der Waals surface area contributed by atoms with Gasteiger partial charge in [-0.15, -0.1) is 0 Å². The van der Waals surface area contributed by atoms with Gasteiger partial charge in [0, 0.05) is 42.5 Å². The van der Waals surface area contributed by atoms with E-state index in [-0.39, 0.29) is 5.75 Å². The second-order valence-corrected chi connectivity index (χ2v) is 6.30. The van der Waals surface area contributed by atoms with Crippen LogP contribution in [0.4, 0.5) is 5.69 Å². The number of nitrogens with zero attached hydrogens (tertiary/aromatic N) is 2. The molecule has 1 aliphatic rings. The Labute approximate surface area is 152 Å². The molecule has 6 heteroatoms. The second kappa shape index (κ2) is 8.34. The number of phenolic OH excluding ortho intramolecular Hbond substituents is 1. The van der Waals surface area contributed by atoms with Gasteiger partial charge in [0.05, 0.1) is 26.0 Å². The van der Waals surface area contributed by atoms with Gasteiger partial charge >= 0.3 is 0 Å². The van der Waals surface area contributed by atoms with E-state index in [4.69, 9.17) is 21.1 Å². The highest BCUT2D eigenvalue weighted by Crippen LogP contribution is 2.32. The molecular weight excluding hydrogens is 340 g/mol. The minimum Gasteiger partial charge on any atom is -0.504 e. The van der Waals surface area contributed by atoms with Crippen LogP contribution >= 0.6 is 11.6 Å². The van der Waals surface area contributed by atoms with Crippen molar-refractivity contribution in [3.05, 3.63) is 52.5 Å². The highest BCUT2D eigenvalue weighted by atomic mass is 35.5. The van der Waals surface area contributed by atoms with Gasteiger partial charge in [-0.05, 0) is 23.8 Å². The molecule has 2 aromatic carbocycles. The number of benzene rings is 2. The molecule has 1 heterocycles. The molecule has 1 fully saturated rings. The average molecular weight is 361 g/mol. The maximum absolute atomic E-state index is 10.1. The van der Waals surface area contributed by atoms with Crippen LogP contribution in [0.2, 0.25) is 5.02 Å². The molecule has 0 aromatic heterocycles. The molecular formula is C19H21ClN2O3. The number of rotatable bonds is 5. The van der Waals surface area contributed by atoms with Gasteiger partial charge in [-0.25, -0.2) is 0 Å². The first-order valence-corrected chi connectivity index (χ1v) is 8.53. The number of aromatic hydroxyl groups is 1. The minimum atomic E-state index is 0.0274. The van der Waals surface area contributed by atoms with Gasteiger partial charge in [-0.1, -0.05) is 23.7 Å². The van der Waals surface area contributed by atoms with Crippen LogP contribution < -0.4 is 4.74 Å². The fourth-order valence-corrected chi connectivity index (χ4v) is 2.91. The molecule has 0 saturated carbocycles. The van der Waals surface area contributed by atoms with E-state index in [9.17, 15) is 5.11 Å². The number of hydrogen-bond acceptors (Lipinski definition) is 5. The third kappa shape index (κ3) is 4.72. The zero-order valence-electron chi connectivity index (χ0n) is 14.1. The molecule has 1 aliphatic heterocycles. The van der Waals surface area contributed by atoms with Crippen LogP contribution in [0.15, 0.2) is 41.4 Å². The van der Waals surface area contributed by atoms with Crippen molar-refractivity contribution in [2.24, 2.45) is 4.99 Å². The van der Waals surface area contributed by atoms with Crippen molar-refractivity contribution >= 4 is 23.5 Å². The third-order valence-electron chi connectivity index (χ3n) is 4.09. The van der Waals surface area contributed by atoms with E-state index in [0.29, 0.717) is 16.3 Å². The van der Waals surface area contributed by atoms with Crippen molar-refractivity contribution in [1.29, 1.82) is 0 Å². The SMILES string of the molecule is COc1cc(Cl)cc(C=Nc2ccc(CN3CCOCC3)cc2)c1O. The molecule has 3 rings (SSSR count). The molecule has 0 unspecified atom stereocenters. The largest absolute Gasteiger partial charge is 0.504 e. The maximum Gasteiger partial charge on any atom is 0.166 e. The predicted octanol–water partition coefficient (Wildman–Crippen LogP) is 3.64. The summed E-state index contributed by atoms with van der Waals surface area (Å²) < 4.78 is 10.5. The fraction of sp³-hybridized carbons (Fsp3) is 0.316. The van der Waals surface area contributed by atoms with Gasteiger partial charge in [0.15, 0.2) is 11.5 Å². The number of methoxy groups -OCH3 is 1. The number of hydrogen-bond donors (Lipinski definition) is 1. The summed E-state index contributed by atoms with van der Waals surface area (Å²) >= 11 is 6.03. The number of ether oxygens (including phenoxy) is 2. The van der Waals surface area contributed by atoms with Gasteiger partial charge in [-0.2, -0.15) is 0 Å². The Bertz CT molecular complexity index is 741. The first-order chi connectivity index (χ1) is 12.2. The number of halogens is 1. The molecule has 25 heavy (non-hydrogen) atoms. The number of phenols is 1. The van der Waals surface area contributed by atoms with E-state index >= 15 is 0 Å². The lowest BCUT2D eigenvalue weighted by atomic mass is 10.2. The highest BCUT2D eigenvalue weighted by Gasteiger charge is 2.10. The number of morpholine rings is 1. The predicted molar refractivity (Wildman–Crippen MR) is 99.5 cm³/mol. The van der Waals surface area contributed by atoms with E-state index in [1.54, 1.807) is 18.3 Å². The van der Waals surface area contributed by atoms with Gasteiger partial charge < -0.3 is 14.6 Å². The van der Waals surface area contributed by atoms with Crippen molar-refractivity contribution in [3.8, 4) is 11.5 Å². The highest BCUT2D eigenvalue weighted by molar-refractivity contribution is 6.31. The molecule has 1 saturated heterocycles. The Morgan fingerprint density at radius 1 is 1.24 bits per heavy atom. The third-order valence-corrected chi connectivity index (χ3v) is 4.31. The lowest BCUT2D eigenvalue weighted by molar-refractivity contribution is 0.0342. The quantitative estimate of drug-likeness (QED) is 0.827. The number of aliphatic imine (C=N–C) groups is 1. The van der Waals surface area contributed by atoms with Crippen LogP contribution in [0.5, 0.6) is 11.5 Å². The summed E-state index contributed by atoms with van der Waals surface area (Å²) in [4.78, 5) is 6.78. The van der Waals surface area contributed by atoms with Gasteiger partial charge in [-0.3, -0.25) is 9.89 Å². The Balaban J connectivity index is 1.69. The lowest BCUT2D eigenvalue weighted by Crippen LogP contribution is -2.35. The summed E-state index contributed by atoms with van der Waals surface area (Å²) in [5.41, 5.74) is 2.57. The molecule has 1 N–H and O–H groups in total. The molecule has 0 bridgehead atoms. The smallest absolute Gasteiger partial charge is 0.166 e. The van der Waals surface area contributed by atoms with E-state index in [1.165, 1.54) is 12.7 Å². The monoisotopic (exact) mass is 360 g/mol. The van der Waals surface area contributed by atoms with E-state index in [0.717, 1.165) is 38.5 Å². The van der Waals surface area contributed by atoms with Crippen LogP contribution in [-0.4, -0.2) is 49.6 Å². The summed E-state index contributed by atoms with van der Waals surface area (Å²) in [6.45, 7) is 4.45. The summed E-state index contributed by atoms with van der Waals surface area (Å²) in [5.74, 6) is 0.356. The van der Waals surface area contributed by atoms with Crippen molar-refractivity contribution < 1.29 is 14.6 Å². The average Bonchev–Trinajstić information content (AvgIpc) is 2.64.